The summed E-state index contributed by atoms with van der Waals surface area (Å²) in [4.78, 5) is 13.0. The predicted octanol–water partition coefficient (Wildman–Crippen LogP) is 3.21. The summed E-state index contributed by atoms with van der Waals surface area (Å²) in [6.45, 7) is 2.85. The Morgan fingerprint density at radius 1 is 1.16 bits per heavy atom. The first kappa shape index (κ1) is 25.2. The van der Waals surface area contributed by atoms with Gasteiger partial charge in [0.25, 0.3) is 0 Å². The van der Waals surface area contributed by atoms with Gasteiger partial charge in [-0.15, -0.1) is 11.3 Å². The summed E-state index contributed by atoms with van der Waals surface area (Å²) < 4.78 is 16.8. The molecule has 0 bridgehead atoms. The van der Waals surface area contributed by atoms with E-state index in [9.17, 15) is 9.90 Å². The van der Waals surface area contributed by atoms with E-state index in [1.807, 2.05) is 42.5 Å². The van der Waals surface area contributed by atoms with Gasteiger partial charge < -0.3 is 24.4 Å². The van der Waals surface area contributed by atoms with E-state index in [1.165, 1.54) is 0 Å². The fourth-order valence-corrected chi connectivity index (χ4v) is 4.58. The number of aliphatic hydroxyl groups excluding tert-OH is 1. The fraction of sp³-hybridized carbons (Fsp3) is 0.292. The quantitative estimate of drug-likeness (QED) is 0.456. The zero-order valence-corrected chi connectivity index (χ0v) is 18.0. The molecule has 8 heteroatoms. The van der Waals surface area contributed by atoms with Gasteiger partial charge in [-0.1, -0.05) is 30.3 Å². The number of carboxylic acid groups (broad SMARTS) is 1. The first-order chi connectivity index (χ1) is 15.0. The molecule has 0 unspecified atom stereocenters. The predicted molar refractivity (Wildman–Crippen MR) is 126 cm³/mol. The molecule has 3 aromatic rings. The van der Waals surface area contributed by atoms with Crippen molar-refractivity contribution in [3.8, 4) is 16.2 Å². The molecule has 1 aliphatic rings. The number of aliphatic hydroxyl groups is 1. The molecule has 0 amide bonds. The summed E-state index contributed by atoms with van der Waals surface area (Å²) in [7, 11) is 0. The van der Waals surface area contributed by atoms with E-state index in [0.29, 0.717) is 19.8 Å². The number of carboxylic acids is 1. The van der Waals surface area contributed by atoms with Gasteiger partial charge in [-0.2, -0.15) is 0 Å². The van der Waals surface area contributed by atoms with Gasteiger partial charge in [-0.3, -0.25) is 0 Å². The molecule has 2 aromatic carbocycles. The Labute approximate surface area is 220 Å². The van der Waals surface area contributed by atoms with Crippen LogP contribution in [0.5, 0.6) is 5.75 Å². The van der Waals surface area contributed by atoms with Gasteiger partial charge >= 0.3 is 43.7 Å². The number of aliphatic carboxylic acids is 1. The van der Waals surface area contributed by atoms with E-state index in [4.69, 9.17) is 19.3 Å². The van der Waals surface area contributed by atoms with Gasteiger partial charge in [0.05, 0.1) is 19.8 Å². The molecule has 0 aliphatic carbocycles. The number of hydrogen-bond donors (Lipinski definition) is 2. The normalized spacial score (nSPS) is 14.3. The first-order valence-corrected chi connectivity index (χ1v) is 10.8. The van der Waals surface area contributed by atoms with Gasteiger partial charge in [0.15, 0.2) is 0 Å². The van der Waals surface area contributed by atoms with Crippen molar-refractivity contribution in [3.05, 3.63) is 76.2 Å². The molecule has 1 fully saturated rings. The van der Waals surface area contributed by atoms with Crippen molar-refractivity contribution < 1.29 is 29.2 Å². The molecule has 4 rings (SSSR count). The first-order valence-electron chi connectivity index (χ1n) is 9.95. The molecule has 32 heavy (non-hydrogen) atoms. The van der Waals surface area contributed by atoms with Crippen molar-refractivity contribution in [2.45, 2.75) is 25.7 Å². The average molecular weight is 483 g/mol. The maximum atomic E-state index is 10.8. The van der Waals surface area contributed by atoms with Crippen LogP contribution in [0.1, 0.15) is 21.6 Å². The molecule has 6 nitrogen and oxygen atoms in total. The topological polar surface area (TPSA) is 85.2 Å². The van der Waals surface area contributed by atoms with Crippen LogP contribution in [0.4, 0.5) is 0 Å². The van der Waals surface area contributed by atoms with Gasteiger partial charge in [0.1, 0.15) is 24.6 Å². The van der Waals surface area contributed by atoms with E-state index in [-0.39, 0.29) is 51.0 Å². The molecule has 2 N–H and O–H groups in total. The van der Waals surface area contributed by atoms with Crippen LogP contribution < -0.4 is 4.74 Å². The Morgan fingerprint density at radius 2 is 1.91 bits per heavy atom. The number of rotatable bonds is 9. The molecule has 0 radical (unpaired) electrons. The van der Waals surface area contributed by atoms with Gasteiger partial charge in [-0.25, -0.2) is 4.79 Å². The Balaban J connectivity index is 0.00000289. The van der Waals surface area contributed by atoms with E-state index in [2.05, 4.69) is 19.1 Å². The summed E-state index contributed by atoms with van der Waals surface area (Å²) in [5.41, 5.74) is 3.50. The number of thiophene rings is 1. The van der Waals surface area contributed by atoms with Crippen LogP contribution in [0.2, 0.25) is 0 Å². The van der Waals surface area contributed by atoms with Gasteiger partial charge in [-0.05, 0) is 53.4 Å². The molecular weight excluding hydrogens is 456 g/mol. The van der Waals surface area contributed by atoms with Crippen LogP contribution in [-0.4, -0.2) is 73.7 Å². The zero-order chi connectivity index (χ0) is 21.8. The van der Waals surface area contributed by atoms with Gasteiger partial charge in [0, 0.05) is 9.75 Å². The molecule has 2 heterocycles. The Bertz CT molecular complexity index is 1060. The van der Waals surface area contributed by atoms with Crippen molar-refractivity contribution >= 4 is 55.0 Å². The van der Waals surface area contributed by atoms with Crippen molar-refractivity contribution in [1.82, 2.24) is 0 Å². The van der Waals surface area contributed by atoms with Gasteiger partial charge in [0.2, 0.25) is 0 Å². The fourth-order valence-electron chi connectivity index (χ4n) is 3.56. The number of benzene rings is 2. The molecule has 1 aliphatic heterocycles. The third-order valence-corrected chi connectivity index (χ3v) is 6.51. The zero-order valence-electron chi connectivity index (χ0n) is 17.2. The number of hydrogen-bond acceptors (Lipinski definition) is 6. The van der Waals surface area contributed by atoms with Crippen LogP contribution in [0.25, 0.3) is 10.4 Å². The summed E-state index contributed by atoms with van der Waals surface area (Å²) in [5, 5.41) is 18.3. The average Bonchev–Trinajstić information content (AvgIpc) is 3.13. The third kappa shape index (κ3) is 5.72. The van der Waals surface area contributed by atoms with E-state index >= 15 is 0 Å². The Kier molecular flexibility index (Phi) is 8.75. The van der Waals surface area contributed by atoms with Crippen LogP contribution in [0, 0.1) is 6.92 Å². The van der Waals surface area contributed by atoms with Crippen LogP contribution in [0.15, 0.2) is 54.6 Å². The second-order valence-corrected chi connectivity index (χ2v) is 8.70. The molecule has 0 saturated carbocycles. The maximum absolute atomic E-state index is 10.8. The van der Waals surface area contributed by atoms with Crippen molar-refractivity contribution in [2.75, 3.05) is 19.8 Å². The molecule has 1 aromatic heterocycles. The van der Waals surface area contributed by atoms with Crippen LogP contribution in [-0.2, 0) is 33.1 Å². The third-order valence-electron chi connectivity index (χ3n) is 5.24. The van der Waals surface area contributed by atoms with E-state index in [1.54, 1.807) is 11.3 Å². The second-order valence-electron chi connectivity index (χ2n) is 7.57. The monoisotopic (exact) mass is 482 g/mol. The van der Waals surface area contributed by atoms with E-state index in [0.717, 1.165) is 37.8 Å². The summed E-state index contributed by atoms with van der Waals surface area (Å²) >= 11 is 1.60. The molecule has 0 spiro atoms. The summed E-state index contributed by atoms with van der Waals surface area (Å²) in [6.07, 6.45) is 0. The second kappa shape index (κ2) is 11.1. The molecular formula is C24H26CaO6S. The Hall–Kier alpha value is -1.45. The molecule has 166 valence electrons. The van der Waals surface area contributed by atoms with Crippen LogP contribution in [0.3, 0.4) is 0 Å². The van der Waals surface area contributed by atoms with E-state index < -0.39 is 11.6 Å². The summed E-state index contributed by atoms with van der Waals surface area (Å²) in [5.74, 6) is -0.281. The van der Waals surface area contributed by atoms with Crippen molar-refractivity contribution in [3.63, 3.8) is 0 Å². The SMILES string of the molecule is Cc1cc(CO)sc1-c1cccc(COc2ccc(C3(OCC(=O)O)COC3)cc2)c1.[CaH2]. The van der Waals surface area contributed by atoms with Crippen molar-refractivity contribution in [1.29, 1.82) is 0 Å². The number of aryl methyl sites for hydroxylation is 1. The molecule has 0 atom stereocenters. The minimum atomic E-state index is -1.00. The standard InChI is InChI=1S/C24H24O6S.Ca.2H/c1-16-9-21(11-25)31-23(16)18-4-2-3-17(10-18)12-29-20-7-5-19(6-8-20)24(14-28-15-24)30-13-22(26)27;;;/h2-10,25H,11-15H2,1H3,(H,26,27);;;. The minimum absolute atomic E-state index is 0. The Morgan fingerprint density at radius 3 is 2.50 bits per heavy atom. The van der Waals surface area contributed by atoms with Crippen LogP contribution >= 0.6 is 11.3 Å². The van der Waals surface area contributed by atoms with Crippen molar-refractivity contribution in [2.24, 2.45) is 0 Å². The number of ether oxygens (including phenoxy) is 3. The number of carbonyl (C=O) groups is 1. The molecule has 1 saturated heterocycles. The summed E-state index contributed by atoms with van der Waals surface area (Å²) in [6, 6.07) is 17.7.